The summed E-state index contributed by atoms with van der Waals surface area (Å²) in [5, 5.41) is 12.7. The van der Waals surface area contributed by atoms with Crippen LogP contribution in [0.3, 0.4) is 0 Å². The molecule has 0 aliphatic heterocycles. The summed E-state index contributed by atoms with van der Waals surface area (Å²) in [6.07, 6.45) is 1.90. The number of alkyl halides is 2. The minimum absolute atomic E-state index is 0.0308. The zero-order valence-electron chi connectivity index (χ0n) is 14.2. The summed E-state index contributed by atoms with van der Waals surface area (Å²) < 4.78 is 40.2. The zero-order chi connectivity index (χ0) is 19.1. The van der Waals surface area contributed by atoms with Gasteiger partial charge >= 0.3 is 6.61 Å². The number of ether oxygens (including phenoxy) is 1. The van der Waals surface area contributed by atoms with Gasteiger partial charge in [0.15, 0.2) is 0 Å². The zero-order valence-corrected chi connectivity index (χ0v) is 14.2. The summed E-state index contributed by atoms with van der Waals surface area (Å²) >= 11 is 0. The van der Waals surface area contributed by atoms with Gasteiger partial charge in [0, 0.05) is 13.0 Å². The summed E-state index contributed by atoms with van der Waals surface area (Å²) in [7, 11) is 0. The number of furan rings is 1. The molecule has 0 fully saturated rings. The highest BCUT2D eigenvalue weighted by molar-refractivity contribution is 5.63. The molecule has 0 N–H and O–H groups in total. The monoisotopic (exact) mass is 374 g/mol. The van der Waals surface area contributed by atoms with Crippen LogP contribution in [0.4, 0.5) is 8.78 Å². The normalized spacial score (nSPS) is 11.1. The van der Waals surface area contributed by atoms with Crippen LogP contribution in [0, 0.1) is 11.3 Å². The van der Waals surface area contributed by atoms with E-state index in [2.05, 4.69) is 20.9 Å². The lowest BCUT2D eigenvalue weighted by atomic mass is 10.2. The van der Waals surface area contributed by atoms with E-state index in [1.165, 1.54) is 6.07 Å². The Balaban J connectivity index is 1.75. The van der Waals surface area contributed by atoms with E-state index < -0.39 is 6.61 Å². The molecule has 3 aromatic rings. The average Bonchev–Trinajstić information content (AvgIpc) is 3.32. The highest BCUT2D eigenvalue weighted by Crippen LogP contribution is 2.29. The smallest absolute Gasteiger partial charge is 0.387 e. The van der Waals surface area contributed by atoms with Crippen LogP contribution in [0.2, 0.25) is 0 Å². The van der Waals surface area contributed by atoms with Gasteiger partial charge in [-0.25, -0.2) is 0 Å². The predicted molar refractivity (Wildman–Crippen MR) is 89.4 cm³/mol. The van der Waals surface area contributed by atoms with Crippen LogP contribution in [0.1, 0.15) is 18.1 Å². The molecule has 0 saturated carbocycles. The third kappa shape index (κ3) is 5.12. The largest absolute Gasteiger partial charge is 0.468 e. The van der Waals surface area contributed by atoms with E-state index in [9.17, 15) is 8.78 Å². The second kappa shape index (κ2) is 8.91. The molecule has 0 aliphatic carbocycles. The maximum atomic E-state index is 12.6. The Labute approximate surface area is 153 Å². The number of nitriles is 1. The lowest BCUT2D eigenvalue weighted by molar-refractivity contribution is -0.0494. The van der Waals surface area contributed by atoms with Gasteiger partial charge < -0.3 is 13.7 Å². The van der Waals surface area contributed by atoms with Crippen LogP contribution in [-0.4, -0.2) is 28.2 Å². The Hall–Kier alpha value is -3.25. The van der Waals surface area contributed by atoms with E-state index in [1.807, 2.05) is 11.0 Å². The summed E-state index contributed by atoms with van der Waals surface area (Å²) in [5.74, 6) is 1.15. The van der Waals surface area contributed by atoms with Crippen molar-refractivity contribution in [1.29, 1.82) is 5.26 Å². The first-order chi connectivity index (χ1) is 13.2. The molecule has 7 nitrogen and oxygen atoms in total. The second-order valence-corrected chi connectivity index (χ2v) is 5.58. The first-order valence-corrected chi connectivity index (χ1v) is 8.14. The Bertz CT molecular complexity index is 890. The van der Waals surface area contributed by atoms with E-state index >= 15 is 0 Å². The SMILES string of the molecule is N#CCCN(Cc1ccco1)Cc1nc(-c2ccccc2OC(F)F)no1. The van der Waals surface area contributed by atoms with Crippen molar-refractivity contribution in [3.8, 4) is 23.2 Å². The van der Waals surface area contributed by atoms with Crippen LogP contribution in [0.15, 0.2) is 51.6 Å². The highest BCUT2D eigenvalue weighted by atomic mass is 19.3. The van der Waals surface area contributed by atoms with Crippen molar-refractivity contribution in [3.63, 3.8) is 0 Å². The first-order valence-electron chi connectivity index (χ1n) is 8.14. The third-order valence-electron chi connectivity index (χ3n) is 3.67. The molecule has 2 heterocycles. The molecule has 2 aromatic heterocycles. The van der Waals surface area contributed by atoms with Crippen molar-refractivity contribution >= 4 is 0 Å². The molecule has 3 rings (SSSR count). The van der Waals surface area contributed by atoms with Crippen LogP contribution in [-0.2, 0) is 13.1 Å². The fourth-order valence-corrected chi connectivity index (χ4v) is 2.51. The molecule has 0 radical (unpaired) electrons. The lowest BCUT2D eigenvalue weighted by Gasteiger charge is -2.17. The van der Waals surface area contributed by atoms with Gasteiger partial charge in [-0.05, 0) is 24.3 Å². The van der Waals surface area contributed by atoms with E-state index in [4.69, 9.17) is 14.2 Å². The number of benzene rings is 1. The summed E-state index contributed by atoms with van der Waals surface area (Å²) in [4.78, 5) is 6.19. The molecule has 0 unspecified atom stereocenters. The summed E-state index contributed by atoms with van der Waals surface area (Å²) in [6.45, 7) is -1.71. The Kier molecular flexibility index (Phi) is 6.12. The third-order valence-corrected chi connectivity index (χ3v) is 3.67. The lowest BCUT2D eigenvalue weighted by Crippen LogP contribution is -2.23. The maximum Gasteiger partial charge on any atom is 0.387 e. The Morgan fingerprint density at radius 2 is 2.04 bits per heavy atom. The van der Waals surface area contributed by atoms with Gasteiger partial charge in [0.1, 0.15) is 11.5 Å². The minimum atomic E-state index is -2.95. The van der Waals surface area contributed by atoms with Gasteiger partial charge in [0.2, 0.25) is 11.7 Å². The van der Waals surface area contributed by atoms with Crippen molar-refractivity contribution in [2.24, 2.45) is 0 Å². The molecule has 0 amide bonds. The number of halogens is 2. The molecule has 0 saturated heterocycles. The van der Waals surface area contributed by atoms with E-state index in [0.717, 1.165) is 5.76 Å². The van der Waals surface area contributed by atoms with Gasteiger partial charge in [-0.3, -0.25) is 4.90 Å². The van der Waals surface area contributed by atoms with Crippen LogP contribution in [0.5, 0.6) is 5.75 Å². The number of nitrogens with zero attached hydrogens (tertiary/aromatic N) is 4. The summed E-state index contributed by atoms with van der Waals surface area (Å²) in [6, 6.07) is 11.9. The summed E-state index contributed by atoms with van der Waals surface area (Å²) in [5.41, 5.74) is 0.308. The fourth-order valence-electron chi connectivity index (χ4n) is 2.51. The Morgan fingerprint density at radius 3 is 2.78 bits per heavy atom. The topological polar surface area (TPSA) is 88.3 Å². The molecular weight excluding hydrogens is 358 g/mol. The van der Waals surface area contributed by atoms with Gasteiger partial charge in [-0.1, -0.05) is 17.3 Å². The van der Waals surface area contributed by atoms with Gasteiger partial charge in [0.25, 0.3) is 0 Å². The van der Waals surface area contributed by atoms with Crippen molar-refractivity contribution in [3.05, 3.63) is 54.3 Å². The number of rotatable bonds is 9. The molecule has 140 valence electrons. The van der Waals surface area contributed by atoms with Crippen LogP contribution in [0.25, 0.3) is 11.4 Å². The second-order valence-electron chi connectivity index (χ2n) is 5.58. The molecule has 27 heavy (non-hydrogen) atoms. The molecule has 0 atom stereocenters. The number of hydrogen-bond donors (Lipinski definition) is 0. The van der Waals surface area contributed by atoms with Crippen molar-refractivity contribution < 1.29 is 22.5 Å². The molecule has 9 heteroatoms. The van der Waals surface area contributed by atoms with Crippen LogP contribution < -0.4 is 4.74 Å². The quantitative estimate of drug-likeness (QED) is 0.562. The van der Waals surface area contributed by atoms with Crippen molar-refractivity contribution in [2.75, 3.05) is 6.54 Å². The van der Waals surface area contributed by atoms with E-state index in [-0.39, 0.29) is 18.1 Å². The molecule has 1 aromatic carbocycles. The van der Waals surface area contributed by atoms with E-state index in [1.54, 1.807) is 30.5 Å². The van der Waals surface area contributed by atoms with E-state index in [0.29, 0.717) is 31.0 Å². The number of aromatic nitrogens is 2. The molecule has 0 spiro atoms. The molecular formula is C18H16F2N4O3. The van der Waals surface area contributed by atoms with Crippen LogP contribution >= 0.6 is 0 Å². The van der Waals surface area contributed by atoms with Gasteiger partial charge in [0.05, 0.1) is 31.0 Å². The predicted octanol–water partition coefficient (Wildman–Crippen LogP) is 3.85. The average molecular weight is 374 g/mol. The fraction of sp³-hybridized carbons (Fsp3) is 0.278. The standard InChI is InChI=1S/C18H16F2N4O3/c19-18(20)26-15-7-2-1-6-14(15)17-22-16(27-23-17)12-24(9-4-8-21)11-13-5-3-10-25-13/h1-3,5-7,10,18H,4,9,11-12H2. The van der Waals surface area contributed by atoms with Gasteiger partial charge in [-0.15, -0.1) is 0 Å². The first kappa shape index (κ1) is 18.5. The maximum absolute atomic E-state index is 12.6. The van der Waals surface area contributed by atoms with Gasteiger partial charge in [-0.2, -0.15) is 19.0 Å². The highest BCUT2D eigenvalue weighted by Gasteiger charge is 2.18. The van der Waals surface area contributed by atoms with Crippen molar-refractivity contribution in [1.82, 2.24) is 15.0 Å². The number of para-hydroxylation sites is 1. The molecule has 0 aliphatic rings. The minimum Gasteiger partial charge on any atom is -0.468 e. The molecule has 0 bridgehead atoms. The number of hydrogen-bond acceptors (Lipinski definition) is 7. The van der Waals surface area contributed by atoms with Crippen molar-refractivity contribution in [2.45, 2.75) is 26.1 Å². The Morgan fingerprint density at radius 1 is 1.19 bits per heavy atom.